The quantitative estimate of drug-likeness (QED) is 0.925. The Morgan fingerprint density at radius 2 is 1.80 bits per heavy atom. The number of piperazine rings is 1. The molecule has 1 aliphatic rings. The molecule has 1 fully saturated rings. The van der Waals surface area contributed by atoms with E-state index in [1.165, 1.54) is 12.1 Å². The first-order chi connectivity index (χ1) is 9.33. The third-order valence-corrected chi connectivity index (χ3v) is 3.85. The van der Waals surface area contributed by atoms with Crippen molar-refractivity contribution >= 4 is 11.6 Å². The maximum Gasteiger partial charge on any atom is 0.123 e. The van der Waals surface area contributed by atoms with Crippen molar-refractivity contribution in [2.24, 2.45) is 0 Å². The highest BCUT2D eigenvalue weighted by atomic mass is 35.5. The molecule has 0 saturated carbocycles. The first kappa shape index (κ1) is 15.7. The van der Waals surface area contributed by atoms with Crippen molar-refractivity contribution in [1.29, 1.82) is 0 Å². The number of halogens is 2. The number of nitrogens with zero attached hydrogens (tertiary/aromatic N) is 2. The van der Waals surface area contributed by atoms with Gasteiger partial charge in [0.1, 0.15) is 5.82 Å². The van der Waals surface area contributed by atoms with Crippen LogP contribution in [0, 0.1) is 5.82 Å². The van der Waals surface area contributed by atoms with Gasteiger partial charge in [-0.1, -0.05) is 11.6 Å². The average molecular weight is 301 g/mol. The zero-order chi connectivity index (χ0) is 14.8. The van der Waals surface area contributed by atoms with E-state index in [0.29, 0.717) is 18.1 Å². The third kappa shape index (κ3) is 4.70. The Balaban J connectivity index is 1.87. The second-order valence-electron chi connectivity index (χ2n) is 6.10. The zero-order valence-electron chi connectivity index (χ0n) is 12.1. The van der Waals surface area contributed by atoms with Crippen molar-refractivity contribution in [2.45, 2.75) is 26.0 Å². The van der Waals surface area contributed by atoms with Crippen LogP contribution in [0.5, 0.6) is 0 Å². The number of β-amino-alcohol motifs (C(OH)–C–C–N with tert-alkyl or cyclic N) is 1. The van der Waals surface area contributed by atoms with Gasteiger partial charge in [-0.2, -0.15) is 0 Å². The van der Waals surface area contributed by atoms with Gasteiger partial charge in [0.15, 0.2) is 0 Å². The lowest BCUT2D eigenvalue weighted by Gasteiger charge is -2.37. The molecule has 0 aliphatic carbocycles. The lowest BCUT2D eigenvalue weighted by atomic mass is 10.1. The molecule has 0 atom stereocenters. The van der Waals surface area contributed by atoms with E-state index in [2.05, 4.69) is 9.80 Å². The Morgan fingerprint density at radius 1 is 1.20 bits per heavy atom. The number of rotatable bonds is 4. The van der Waals surface area contributed by atoms with Crippen LogP contribution in [0.4, 0.5) is 4.39 Å². The Kier molecular flexibility index (Phi) is 5.02. The zero-order valence-corrected chi connectivity index (χ0v) is 12.8. The van der Waals surface area contributed by atoms with Gasteiger partial charge in [0.25, 0.3) is 0 Å². The fraction of sp³-hybridized carbons (Fsp3) is 0.600. The molecule has 20 heavy (non-hydrogen) atoms. The van der Waals surface area contributed by atoms with Gasteiger partial charge in [-0.15, -0.1) is 0 Å². The van der Waals surface area contributed by atoms with Gasteiger partial charge in [-0.3, -0.25) is 9.80 Å². The summed E-state index contributed by atoms with van der Waals surface area (Å²) in [7, 11) is 0. The largest absolute Gasteiger partial charge is 0.389 e. The van der Waals surface area contributed by atoms with Crippen molar-refractivity contribution in [3.05, 3.63) is 34.6 Å². The Hall–Kier alpha value is -0.680. The highest BCUT2D eigenvalue weighted by Crippen LogP contribution is 2.20. The van der Waals surface area contributed by atoms with Crippen LogP contribution in [0.15, 0.2) is 18.2 Å². The number of hydrogen-bond donors (Lipinski definition) is 1. The average Bonchev–Trinajstić information content (AvgIpc) is 2.34. The standard InChI is InChI=1S/C15H22ClFN2O/c1-15(2,20)11-19-7-5-18(6-8-19)10-12-9-13(17)3-4-14(12)16/h3-4,9,20H,5-8,10-11H2,1-2H3. The van der Waals surface area contributed by atoms with Crippen LogP contribution in [-0.4, -0.2) is 53.2 Å². The molecule has 3 nitrogen and oxygen atoms in total. The van der Waals surface area contributed by atoms with Gasteiger partial charge >= 0.3 is 0 Å². The van der Waals surface area contributed by atoms with Gasteiger partial charge in [0.05, 0.1) is 5.60 Å². The maximum absolute atomic E-state index is 13.2. The second-order valence-corrected chi connectivity index (χ2v) is 6.51. The first-order valence-electron chi connectivity index (χ1n) is 6.94. The number of aliphatic hydroxyl groups is 1. The van der Waals surface area contributed by atoms with Crippen LogP contribution >= 0.6 is 11.6 Å². The van der Waals surface area contributed by atoms with E-state index < -0.39 is 5.60 Å². The minimum Gasteiger partial charge on any atom is -0.389 e. The monoisotopic (exact) mass is 300 g/mol. The molecule has 1 aromatic carbocycles. The van der Waals surface area contributed by atoms with E-state index in [4.69, 9.17) is 11.6 Å². The van der Waals surface area contributed by atoms with Gasteiger partial charge in [0, 0.05) is 44.3 Å². The van der Waals surface area contributed by atoms with Crippen LogP contribution in [-0.2, 0) is 6.54 Å². The van der Waals surface area contributed by atoms with Gasteiger partial charge in [-0.25, -0.2) is 4.39 Å². The van der Waals surface area contributed by atoms with Crippen molar-refractivity contribution in [1.82, 2.24) is 9.80 Å². The molecular weight excluding hydrogens is 279 g/mol. The molecule has 1 heterocycles. The summed E-state index contributed by atoms with van der Waals surface area (Å²) in [6.45, 7) is 8.64. The van der Waals surface area contributed by atoms with E-state index >= 15 is 0 Å². The molecule has 1 aliphatic heterocycles. The molecular formula is C15H22ClFN2O. The normalized spacial score (nSPS) is 18.4. The van der Waals surface area contributed by atoms with E-state index in [1.54, 1.807) is 6.07 Å². The molecule has 0 radical (unpaired) electrons. The summed E-state index contributed by atoms with van der Waals surface area (Å²) >= 11 is 6.09. The topological polar surface area (TPSA) is 26.7 Å². The number of benzene rings is 1. The van der Waals surface area contributed by atoms with Gasteiger partial charge < -0.3 is 5.11 Å². The molecule has 5 heteroatoms. The minimum atomic E-state index is -0.659. The van der Waals surface area contributed by atoms with E-state index in [0.717, 1.165) is 31.7 Å². The van der Waals surface area contributed by atoms with Crippen molar-refractivity contribution in [3.8, 4) is 0 Å². The summed E-state index contributed by atoms with van der Waals surface area (Å²) in [6.07, 6.45) is 0. The Morgan fingerprint density at radius 3 is 2.40 bits per heavy atom. The smallest absolute Gasteiger partial charge is 0.123 e. The van der Waals surface area contributed by atoms with Crippen molar-refractivity contribution in [2.75, 3.05) is 32.7 Å². The molecule has 1 aromatic rings. The molecule has 2 rings (SSSR count). The molecule has 0 spiro atoms. The lowest BCUT2D eigenvalue weighted by Crippen LogP contribution is -2.50. The van der Waals surface area contributed by atoms with Crippen LogP contribution in [0.25, 0.3) is 0 Å². The van der Waals surface area contributed by atoms with Gasteiger partial charge in [0.2, 0.25) is 0 Å². The molecule has 0 aromatic heterocycles. The third-order valence-electron chi connectivity index (χ3n) is 3.48. The van der Waals surface area contributed by atoms with Crippen LogP contribution in [0.3, 0.4) is 0 Å². The molecule has 0 bridgehead atoms. The van der Waals surface area contributed by atoms with Crippen LogP contribution in [0.1, 0.15) is 19.4 Å². The summed E-state index contributed by atoms with van der Waals surface area (Å²) in [4.78, 5) is 4.52. The molecule has 112 valence electrons. The molecule has 1 saturated heterocycles. The predicted octanol–water partition coefficient (Wildman–Crippen LogP) is 2.37. The van der Waals surface area contributed by atoms with Crippen LogP contribution < -0.4 is 0 Å². The van der Waals surface area contributed by atoms with E-state index in [9.17, 15) is 9.50 Å². The minimum absolute atomic E-state index is 0.245. The van der Waals surface area contributed by atoms with Crippen molar-refractivity contribution in [3.63, 3.8) is 0 Å². The summed E-state index contributed by atoms with van der Waals surface area (Å²) in [5, 5.41) is 10.4. The summed E-state index contributed by atoms with van der Waals surface area (Å²) in [5.74, 6) is -0.245. The Bertz CT molecular complexity index is 454. The fourth-order valence-corrected chi connectivity index (χ4v) is 2.74. The fourth-order valence-electron chi connectivity index (χ4n) is 2.56. The van der Waals surface area contributed by atoms with Crippen LogP contribution in [0.2, 0.25) is 5.02 Å². The summed E-state index contributed by atoms with van der Waals surface area (Å²) < 4.78 is 13.2. The second kappa shape index (κ2) is 6.39. The van der Waals surface area contributed by atoms with E-state index in [1.807, 2.05) is 13.8 Å². The first-order valence-corrected chi connectivity index (χ1v) is 7.32. The SMILES string of the molecule is CC(C)(O)CN1CCN(Cc2cc(F)ccc2Cl)CC1. The van der Waals surface area contributed by atoms with E-state index in [-0.39, 0.29) is 5.82 Å². The van der Waals surface area contributed by atoms with Gasteiger partial charge in [-0.05, 0) is 37.6 Å². The predicted molar refractivity (Wildman–Crippen MR) is 79.4 cm³/mol. The molecule has 1 N–H and O–H groups in total. The highest BCUT2D eigenvalue weighted by molar-refractivity contribution is 6.31. The molecule has 0 amide bonds. The highest BCUT2D eigenvalue weighted by Gasteiger charge is 2.23. The number of hydrogen-bond acceptors (Lipinski definition) is 3. The van der Waals surface area contributed by atoms with Crippen molar-refractivity contribution < 1.29 is 9.50 Å². The summed E-state index contributed by atoms with van der Waals surface area (Å²) in [5.41, 5.74) is 0.177. The Labute approximate surface area is 124 Å². The summed E-state index contributed by atoms with van der Waals surface area (Å²) in [6, 6.07) is 4.50. The maximum atomic E-state index is 13.2. The lowest BCUT2D eigenvalue weighted by molar-refractivity contribution is 0.0166. The molecule has 0 unspecified atom stereocenters.